The molecule has 0 unspecified atom stereocenters. The summed E-state index contributed by atoms with van der Waals surface area (Å²) in [5.74, 6) is 0.269. The van der Waals surface area contributed by atoms with Gasteiger partial charge in [0.15, 0.2) is 11.5 Å². The number of ether oxygens (including phenoxy) is 3. The van der Waals surface area contributed by atoms with Crippen molar-refractivity contribution in [2.45, 2.75) is 39.8 Å². The van der Waals surface area contributed by atoms with Gasteiger partial charge in [-0.05, 0) is 68.9 Å². The topological polar surface area (TPSA) is 88.5 Å². The predicted octanol–water partition coefficient (Wildman–Crippen LogP) is 3.97. The number of aliphatic hydroxyl groups is 1. The summed E-state index contributed by atoms with van der Waals surface area (Å²) in [6.45, 7) is 10.7. The van der Waals surface area contributed by atoms with Gasteiger partial charge in [0.1, 0.15) is 11.5 Å². The highest BCUT2D eigenvalue weighted by molar-refractivity contribution is 6.46. The highest BCUT2D eigenvalue weighted by Gasteiger charge is 2.46. The smallest absolute Gasteiger partial charge is 0.295 e. The van der Waals surface area contributed by atoms with E-state index in [9.17, 15) is 14.7 Å². The molecule has 4 rings (SSSR count). The number of ketones is 1. The summed E-state index contributed by atoms with van der Waals surface area (Å²) < 4.78 is 16.6. The van der Waals surface area contributed by atoms with Crippen molar-refractivity contribution in [2.24, 2.45) is 0 Å². The molecule has 0 aromatic heterocycles. The fourth-order valence-corrected chi connectivity index (χ4v) is 4.45. The quantitative estimate of drug-likeness (QED) is 0.330. The molecule has 35 heavy (non-hydrogen) atoms. The molecule has 0 radical (unpaired) electrons. The van der Waals surface area contributed by atoms with E-state index in [2.05, 4.69) is 18.7 Å². The van der Waals surface area contributed by atoms with Crippen LogP contribution in [0.5, 0.6) is 17.2 Å². The highest BCUT2D eigenvalue weighted by atomic mass is 16.7. The molecule has 186 valence electrons. The fraction of sp³-hybridized carbons (Fsp3) is 0.407. The van der Waals surface area contributed by atoms with Gasteiger partial charge in [0.2, 0.25) is 6.79 Å². The van der Waals surface area contributed by atoms with Crippen molar-refractivity contribution >= 4 is 17.4 Å². The van der Waals surface area contributed by atoms with Gasteiger partial charge in [-0.25, -0.2) is 0 Å². The van der Waals surface area contributed by atoms with Crippen molar-refractivity contribution in [1.29, 1.82) is 0 Å². The van der Waals surface area contributed by atoms with Crippen LogP contribution >= 0.6 is 0 Å². The molecule has 2 aliphatic rings. The maximum Gasteiger partial charge on any atom is 0.295 e. The Labute approximate surface area is 205 Å². The molecular weight excluding hydrogens is 448 g/mol. The number of rotatable bonds is 9. The van der Waals surface area contributed by atoms with Crippen molar-refractivity contribution in [3.8, 4) is 17.2 Å². The van der Waals surface area contributed by atoms with Crippen LogP contribution in [-0.4, -0.2) is 65.7 Å². The normalized spacial score (nSPS) is 18.7. The molecule has 0 saturated carbocycles. The zero-order valence-corrected chi connectivity index (χ0v) is 20.6. The van der Waals surface area contributed by atoms with Crippen LogP contribution in [0.25, 0.3) is 5.76 Å². The Morgan fingerprint density at radius 3 is 2.43 bits per heavy atom. The largest absolute Gasteiger partial charge is 0.507 e. The molecule has 2 aliphatic heterocycles. The molecular formula is C27H32N2O6. The van der Waals surface area contributed by atoms with Crippen molar-refractivity contribution < 1.29 is 28.9 Å². The Hall–Kier alpha value is -3.52. The second-order valence-corrected chi connectivity index (χ2v) is 8.82. The summed E-state index contributed by atoms with van der Waals surface area (Å²) in [7, 11) is 0. The minimum Gasteiger partial charge on any atom is -0.507 e. The first kappa shape index (κ1) is 24.6. The van der Waals surface area contributed by atoms with E-state index in [1.807, 2.05) is 13.8 Å². The van der Waals surface area contributed by atoms with Gasteiger partial charge >= 0.3 is 0 Å². The molecule has 1 amide bonds. The molecule has 0 spiro atoms. The van der Waals surface area contributed by atoms with E-state index in [0.717, 1.165) is 13.1 Å². The molecule has 8 nitrogen and oxygen atoms in total. The number of fused-ring (bicyclic) bond motifs is 1. The van der Waals surface area contributed by atoms with E-state index in [1.54, 1.807) is 47.4 Å². The first-order valence-electron chi connectivity index (χ1n) is 12.0. The van der Waals surface area contributed by atoms with Crippen LogP contribution in [0, 0.1) is 0 Å². The molecule has 0 aliphatic carbocycles. The summed E-state index contributed by atoms with van der Waals surface area (Å²) in [6.07, 6.45) is 0.0107. The maximum atomic E-state index is 13.2. The summed E-state index contributed by atoms with van der Waals surface area (Å²) >= 11 is 0. The summed E-state index contributed by atoms with van der Waals surface area (Å²) in [4.78, 5) is 30.1. The van der Waals surface area contributed by atoms with Crippen LogP contribution in [0.15, 0.2) is 48.0 Å². The lowest BCUT2D eigenvalue weighted by Crippen LogP contribution is -2.38. The Bertz CT molecular complexity index is 1120. The molecule has 2 aromatic rings. The zero-order chi connectivity index (χ0) is 25.1. The molecule has 1 atom stereocenters. The molecule has 1 N–H and O–H groups in total. The number of nitrogens with zero attached hydrogens (tertiary/aromatic N) is 2. The molecule has 1 fully saturated rings. The summed E-state index contributed by atoms with van der Waals surface area (Å²) in [6, 6.07) is 11.5. The van der Waals surface area contributed by atoms with E-state index in [-0.39, 0.29) is 24.2 Å². The zero-order valence-electron chi connectivity index (χ0n) is 20.6. The molecule has 0 bridgehead atoms. The van der Waals surface area contributed by atoms with E-state index in [4.69, 9.17) is 14.2 Å². The number of carbonyl (C=O) groups is 2. The van der Waals surface area contributed by atoms with Crippen LogP contribution in [0.3, 0.4) is 0 Å². The van der Waals surface area contributed by atoms with Crippen LogP contribution in [0.2, 0.25) is 0 Å². The monoisotopic (exact) mass is 480 g/mol. The van der Waals surface area contributed by atoms with Crippen LogP contribution in [-0.2, 0) is 9.59 Å². The molecule has 2 heterocycles. The lowest BCUT2D eigenvalue weighted by molar-refractivity contribution is -0.140. The Balaban J connectivity index is 1.76. The van der Waals surface area contributed by atoms with Crippen LogP contribution in [0.4, 0.5) is 0 Å². The predicted molar refractivity (Wildman–Crippen MR) is 132 cm³/mol. The number of carbonyl (C=O) groups excluding carboxylic acids is 2. The lowest BCUT2D eigenvalue weighted by Gasteiger charge is -2.28. The third-order valence-electron chi connectivity index (χ3n) is 6.30. The average Bonchev–Trinajstić information content (AvgIpc) is 3.41. The number of aliphatic hydroxyl groups excluding tert-OH is 1. The minimum atomic E-state index is -0.744. The number of likely N-dealkylation sites (tertiary alicyclic amines) is 1. The Morgan fingerprint density at radius 1 is 1.09 bits per heavy atom. The van der Waals surface area contributed by atoms with Gasteiger partial charge < -0.3 is 29.1 Å². The number of hydrogen-bond donors (Lipinski definition) is 1. The average molecular weight is 481 g/mol. The van der Waals surface area contributed by atoms with Gasteiger partial charge in [-0.15, -0.1) is 0 Å². The third-order valence-corrected chi connectivity index (χ3v) is 6.30. The van der Waals surface area contributed by atoms with Gasteiger partial charge in [-0.1, -0.05) is 19.9 Å². The molecule has 8 heteroatoms. The van der Waals surface area contributed by atoms with Crippen molar-refractivity contribution in [1.82, 2.24) is 9.80 Å². The minimum absolute atomic E-state index is 0.0107. The number of likely N-dealkylation sites (N-methyl/N-ethyl adjacent to an activating group) is 1. The van der Waals surface area contributed by atoms with Gasteiger partial charge in [0, 0.05) is 18.7 Å². The van der Waals surface area contributed by atoms with Crippen LogP contribution in [0.1, 0.15) is 44.9 Å². The van der Waals surface area contributed by atoms with E-state index in [0.29, 0.717) is 41.5 Å². The Kier molecular flexibility index (Phi) is 7.31. The van der Waals surface area contributed by atoms with Crippen molar-refractivity contribution in [3.05, 3.63) is 59.2 Å². The summed E-state index contributed by atoms with van der Waals surface area (Å²) in [5, 5.41) is 11.3. The van der Waals surface area contributed by atoms with Gasteiger partial charge in [0.05, 0.1) is 17.7 Å². The lowest BCUT2D eigenvalue weighted by atomic mass is 9.95. The maximum absolute atomic E-state index is 13.2. The number of benzene rings is 2. The first-order valence-corrected chi connectivity index (χ1v) is 12.0. The fourth-order valence-electron chi connectivity index (χ4n) is 4.45. The third kappa shape index (κ3) is 4.98. The Morgan fingerprint density at radius 2 is 1.77 bits per heavy atom. The molecule has 1 saturated heterocycles. The number of Topliss-reactive ketones (excluding diaryl/α,β-unsaturated/α-hetero) is 1. The van der Waals surface area contributed by atoms with Gasteiger partial charge in [0.25, 0.3) is 11.7 Å². The summed E-state index contributed by atoms with van der Waals surface area (Å²) in [5.41, 5.74) is 1.17. The van der Waals surface area contributed by atoms with E-state index in [1.165, 1.54) is 0 Å². The van der Waals surface area contributed by atoms with Gasteiger partial charge in [-0.3, -0.25) is 9.59 Å². The highest BCUT2D eigenvalue weighted by Crippen LogP contribution is 2.43. The van der Waals surface area contributed by atoms with E-state index < -0.39 is 17.7 Å². The van der Waals surface area contributed by atoms with Crippen LogP contribution < -0.4 is 14.2 Å². The number of hydrogen-bond acceptors (Lipinski definition) is 7. The first-order chi connectivity index (χ1) is 16.8. The SMILES string of the molecule is CCN(CC)CCN1C(=O)C(=O)C(=C(O)c2ccc(OC(C)C)cc2)[C@@H]1c1ccc2c(c1)OCO2. The second kappa shape index (κ2) is 10.4. The standard InChI is InChI=1S/C27H32N2O6/c1-5-28(6-2)13-14-29-24(19-9-12-21-22(15-19)34-16-33-21)23(26(31)27(29)32)25(30)18-7-10-20(11-8-18)35-17(3)4/h7-12,15,17,24,30H,5-6,13-14,16H2,1-4H3/t24-/m0/s1. The van der Waals surface area contributed by atoms with Gasteiger partial charge in [-0.2, -0.15) is 0 Å². The molecule has 2 aromatic carbocycles. The second-order valence-electron chi connectivity index (χ2n) is 8.82. The van der Waals surface area contributed by atoms with E-state index >= 15 is 0 Å². The number of amides is 1. The van der Waals surface area contributed by atoms with Crippen molar-refractivity contribution in [2.75, 3.05) is 33.0 Å². The van der Waals surface area contributed by atoms with Crippen molar-refractivity contribution in [3.63, 3.8) is 0 Å².